The summed E-state index contributed by atoms with van der Waals surface area (Å²) < 4.78 is 19.6. The first-order valence-corrected chi connectivity index (χ1v) is 13.0. The summed E-state index contributed by atoms with van der Waals surface area (Å²) >= 11 is 6.08. The van der Waals surface area contributed by atoms with E-state index in [1.54, 1.807) is 0 Å². The maximum atomic E-state index is 13.3. The molecule has 0 spiro atoms. The van der Waals surface area contributed by atoms with Crippen molar-refractivity contribution in [3.05, 3.63) is 34.9 Å². The minimum atomic E-state index is -0.833. The van der Waals surface area contributed by atoms with Crippen LogP contribution in [0.3, 0.4) is 0 Å². The summed E-state index contributed by atoms with van der Waals surface area (Å²) in [5.41, 5.74) is 7.09. The summed E-state index contributed by atoms with van der Waals surface area (Å²) in [6.07, 6.45) is 3.23. The van der Waals surface area contributed by atoms with Crippen LogP contribution in [0.5, 0.6) is 0 Å². The summed E-state index contributed by atoms with van der Waals surface area (Å²) in [7, 11) is 0. The van der Waals surface area contributed by atoms with E-state index in [0.717, 1.165) is 63.2 Å². The Labute approximate surface area is 216 Å². The highest BCUT2D eigenvalue weighted by atomic mass is 35.5. The summed E-state index contributed by atoms with van der Waals surface area (Å²) in [6, 6.07) is 8.97. The Bertz CT molecular complexity index is 944. The minimum Gasteiger partial charge on any atom is -0.481 e. The van der Waals surface area contributed by atoms with Crippen LogP contribution in [-0.4, -0.2) is 108 Å². The van der Waals surface area contributed by atoms with Gasteiger partial charge in [0.1, 0.15) is 17.8 Å². The van der Waals surface area contributed by atoms with E-state index in [-0.39, 0.29) is 6.10 Å². The van der Waals surface area contributed by atoms with Crippen molar-refractivity contribution in [2.24, 2.45) is 15.9 Å². The molecule has 0 aliphatic carbocycles. The van der Waals surface area contributed by atoms with E-state index < -0.39 is 12.1 Å². The Morgan fingerprint density at radius 1 is 1.19 bits per heavy atom. The second kappa shape index (κ2) is 12.3. The van der Waals surface area contributed by atoms with Crippen LogP contribution in [0.4, 0.5) is 4.39 Å². The second-order valence-corrected chi connectivity index (χ2v) is 10.4. The number of likely N-dealkylation sites (tertiary alicyclic amines) is 2. The van der Waals surface area contributed by atoms with E-state index in [0.29, 0.717) is 44.0 Å². The molecule has 0 saturated carbocycles. The molecule has 4 aliphatic heterocycles. The quantitative estimate of drug-likeness (QED) is 0.610. The molecule has 4 aliphatic rings. The number of hydrogen-bond acceptors (Lipinski definition) is 8. The molecule has 1 aromatic rings. The lowest BCUT2D eigenvalue weighted by Crippen LogP contribution is -2.60. The van der Waals surface area contributed by atoms with Gasteiger partial charge in [0.25, 0.3) is 5.97 Å². The molecule has 3 N–H and O–H groups in total. The normalized spacial score (nSPS) is 26.0. The minimum absolute atomic E-state index is 0.134. The summed E-state index contributed by atoms with van der Waals surface area (Å²) in [4.78, 5) is 16.2. The van der Waals surface area contributed by atoms with Gasteiger partial charge >= 0.3 is 0 Å². The fourth-order valence-corrected chi connectivity index (χ4v) is 5.46. The predicted octanol–water partition coefficient (Wildman–Crippen LogP) is 2.24. The molecular weight excluding hydrogens is 487 g/mol. The molecule has 0 unspecified atom stereocenters. The number of hydrogen-bond donors (Lipinski definition) is 2. The van der Waals surface area contributed by atoms with Crippen LogP contribution in [0, 0.1) is 0 Å². The first-order valence-electron chi connectivity index (χ1n) is 12.6. The van der Waals surface area contributed by atoms with Gasteiger partial charge < -0.3 is 20.5 Å². The molecule has 0 bridgehead atoms. The van der Waals surface area contributed by atoms with E-state index in [2.05, 4.69) is 37.0 Å². The summed E-state index contributed by atoms with van der Waals surface area (Å²) in [5.74, 6) is 0.764. The van der Waals surface area contributed by atoms with Crippen molar-refractivity contribution in [3.63, 3.8) is 0 Å². The lowest BCUT2D eigenvalue weighted by molar-refractivity contribution is -0.134. The van der Waals surface area contributed by atoms with Gasteiger partial charge in [0, 0.05) is 63.3 Å². The number of carboxylic acids is 1. The zero-order valence-corrected chi connectivity index (χ0v) is 21.5. The van der Waals surface area contributed by atoms with E-state index >= 15 is 0 Å². The number of rotatable bonds is 5. The zero-order chi connectivity index (χ0) is 25.7. The van der Waals surface area contributed by atoms with Crippen LogP contribution >= 0.6 is 11.6 Å². The van der Waals surface area contributed by atoms with Gasteiger partial charge in [0.15, 0.2) is 0 Å². The van der Waals surface area contributed by atoms with Crippen molar-refractivity contribution in [1.29, 1.82) is 0 Å². The van der Waals surface area contributed by atoms with Gasteiger partial charge in [-0.1, -0.05) is 23.7 Å². The number of amidine groups is 2. The lowest BCUT2D eigenvalue weighted by Gasteiger charge is -2.48. The van der Waals surface area contributed by atoms with E-state index in [4.69, 9.17) is 32.0 Å². The molecule has 2 atom stereocenters. The van der Waals surface area contributed by atoms with Gasteiger partial charge in [0.05, 0.1) is 19.1 Å². The number of alkyl halides is 1. The van der Waals surface area contributed by atoms with Crippen molar-refractivity contribution >= 4 is 29.2 Å². The molecule has 0 aromatic heterocycles. The summed E-state index contributed by atoms with van der Waals surface area (Å²) in [6.45, 7) is 6.52. The van der Waals surface area contributed by atoms with Crippen molar-refractivity contribution in [3.8, 4) is 0 Å². The molecule has 4 heterocycles. The van der Waals surface area contributed by atoms with Gasteiger partial charge in [-0.15, -0.1) is 10.2 Å². The number of carbonyl (C=O) groups is 1. The van der Waals surface area contributed by atoms with Crippen LogP contribution < -0.4 is 5.73 Å². The van der Waals surface area contributed by atoms with Gasteiger partial charge in [-0.05, 0) is 37.0 Å². The predicted molar refractivity (Wildman–Crippen MR) is 138 cm³/mol. The Morgan fingerprint density at radius 3 is 2.44 bits per heavy atom. The highest BCUT2D eigenvalue weighted by Crippen LogP contribution is 2.27. The number of aliphatic carboxylic acids is 1. The number of halogens is 2. The van der Waals surface area contributed by atoms with Gasteiger partial charge in [-0.3, -0.25) is 14.6 Å². The number of benzene rings is 1. The molecular formula is C25H36ClFN6O3. The lowest BCUT2D eigenvalue weighted by atomic mass is 9.95. The monoisotopic (exact) mass is 522 g/mol. The average molecular weight is 523 g/mol. The molecule has 3 saturated heterocycles. The van der Waals surface area contributed by atoms with Crippen LogP contribution in [0.25, 0.3) is 0 Å². The maximum absolute atomic E-state index is 13.3. The topological polar surface area (TPSA) is 107 Å². The largest absolute Gasteiger partial charge is 0.481 e. The molecule has 36 heavy (non-hydrogen) atoms. The Balaban J connectivity index is 0.000000709. The van der Waals surface area contributed by atoms with Gasteiger partial charge in [-0.2, -0.15) is 0 Å². The van der Waals surface area contributed by atoms with Crippen molar-refractivity contribution < 1.29 is 19.0 Å². The third-order valence-electron chi connectivity index (χ3n) is 7.10. The van der Waals surface area contributed by atoms with E-state index in [1.807, 2.05) is 12.1 Å². The molecule has 0 radical (unpaired) electrons. The average Bonchev–Trinajstić information content (AvgIpc) is 3.26. The van der Waals surface area contributed by atoms with Crippen LogP contribution in [0.2, 0.25) is 5.02 Å². The molecule has 1 aromatic carbocycles. The number of nitrogens with zero attached hydrogens (tertiary/aromatic N) is 5. The molecule has 11 heteroatoms. The van der Waals surface area contributed by atoms with Gasteiger partial charge in [-0.25, -0.2) is 4.39 Å². The first kappa shape index (κ1) is 26.8. The van der Waals surface area contributed by atoms with E-state index in [1.165, 1.54) is 5.56 Å². The Morgan fingerprint density at radius 2 is 1.86 bits per heavy atom. The third-order valence-corrected chi connectivity index (χ3v) is 7.35. The summed E-state index contributed by atoms with van der Waals surface area (Å²) in [5, 5.41) is 16.4. The van der Waals surface area contributed by atoms with E-state index in [9.17, 15) is 4.39 Å². The number of ether oxygens (including phenoxy) is 1. The van der Waals surface area contributed by atoms with Gasteiger partial charge in [0.2, 0.25) is 0 Å². The number of nitrogens with two attached hydrogens (primary N) is 1. The zero-order valence-electron chi connectivity index (χ0n) is 20.7. The van der Waals surface area contributed by atoms with Crippen LogP contribution in [0.1, 0.15) is 31.7 Å². The number of piperidine rings is 1. The second-order valence-electron chi connectivity index (χ2n) is 9.97. The highest BCUT2D eigenvalue weighted by molar-refractivity contribution is 6.30. The van der Waals surface area contributed by atoms with Crippen LogP contribution in [-0.2, 0) is 16.0 Å². The Kier molecular flexibility index (Phi) is 9.16. The Hall–Kier alpha value is -2.27. The number of carboxylic acid groups (broad SMARTS) is 1. The highest BCUT2D eigenvalue weighted by Gasteiger charge is 2.38. The number of morpholine rings is 1. The smallest absolute Gasteiger partial charge is 0.300 e. The van der Waals surface area contributed by atoms with Crippen molar-refractivity contribution in [2.75, 3.05) is 45.9 Å². The SMILES string of the molecule is CC(=O)O.NC1=NN=C(N2CCC(N3C[C@H](CN4CC(F)C4)OC[C@@H]3Cc3ccc(Cl)cc3)CC2)C1. The molecule has 5 rings (SSSR count). The maximum Gasteiger partial charge on any atom is 0.300 e. The fourth-order valence-electron chi connectivity index (χ4n) is 5.34. The van der Waals surface area contributed by atoms with Crippen molar-refractivity contribution in [1.82, 2.24) is 14.7 Å². The third kappa shape index (κ3) is 7.38. The van der Waals surface area contributed by atoms with Crippen molar-refractivity contribution in [2.45, 2.75) is 57.0 Å². The standard InChI is InChI=1S/C23H32ClFN6O.C2H4O2/c24-17-3-1-16(2-4-17)9-20-15-32-21(13-29-11-18(25)12-29)14-31(20)19-5-7-30(8-6-19)23-10-22(26)27-28-23;1-2(3)4/h1-4,18-21H,5-15H2,(H2,26,27);1H3,(H,3,4)/t20-,21-;/m0./s1. The molecule has 198 valence electrons. The molecule has 9 nitrogen and oxygen atoms in total. The molecule has 0 amide bonds. The fraction of sp³-hybridized carbons (Fsp3) is 0.640. The van der Waals surface area contributed by atoms with Crippen LogP contribution in [0.15, 0.2) is 34.5 Å². The molecule has 3 fully saturated rings. The first-order chi connectivity index (χ1) is 17.3.